The summed E-state index contributed by atoms with van der Waals surface area (Å²) in [6.45, 7) is 4.35. The molecule has 5 heteroatoms. The average molecular weight is 337 g/mol. The molecule has 1 heterocycles. The first-order valence-electron chi connectivity index (χ1n) is 6.51. The summed E-state index contributed by atoms with van der Waals surface area (Å²) in [7, 11) is 1.63. The Kier molecular flexibility index (Phi) is 4.28. The molecule has 2 aromatic rings. The van der Waals surface area contributed by atoms with E-state index in [1.165, 1.54) is 10.2 Å². The second-order valence-corrected chi connectivity index (χ2v) is 5.66. The van der Waals surface area contributed by atoms with Gasteiger partial charge in [0.1, 0.15) is 5.69 Å². The Hall–Kier alpha value is -1.62. The molecule has 0 fully saturated rings. The number of carboxylic acids is 1. The van der Waals surface area contributed by atoms with Crippen molar-refractivity contribution in [2.45, 2.75) is 26.2 Å². The predicted octanol–water partition coefficient (Wildman–Crippen LogP) is 4.06. The molecule has 0 aliphatic rings. The van der Waals surface area contributed by atoms with Gasteiger partial charge in [-0.05, 0) is 33.8 Å². The second kappa shape index (κ2) is 5.79. The summed E-state index contributed by atoms with van der Waals surface area (Å²) < 4.78 is 1.90. The molecular formula is C15H17BrN2O2. The molecule has 1 aromatic heterocycles. The van der Waals surface area contributed by atoms with Crippen LogP contribution < -0.4 is 0 Å². The van der Waals surface area contributed by atoms with Gasteiger partial charge in [-0.15, -0.1) is 0 Å². The monoisotopic (exact) mass is 336 g/mol. The summed E-state index contributed by atoms with van der Waals surface area (Å²) in [5.74, 6) is -0.472. The van der Waals surface area contributed by atoms with Gasteiger partial charge in [-0.1, -0.05) is 38.1 Å². The number of hydrogen-bond donors (Lipinski definition) is 1. The fraction of sp³-hybridized carbons (Fsp3) is 0.333. The molecule has 0 radical (unpaired) electrons. The minimum atomic E-state index is -0.991. The van der Waals surface area contributed by atoms with Crippen LogP contribution in [0, 0.1) is 0 Å². The first-order chi connectivity index (χ1) is 9.45. The van der Waals surface area contributed by atoms with E-state index in [9.17, 15) is 4.79 Å². The molecule has 2 rings (SSSR count). The summed E-state index contributed by atoms with van der Waals surface area (Å²) in [6, 6.07) is 8.12. The highest BCUT2D eigenvalue weighted by atomic mass is 79.9. The number of carboxylic acid groups (broad SMARTS) is 1. The van der Waals surface area contributed by atoms with E-state index in [1.54, 1.807) is 7.05 Å². The molecule has 1 unspecified atom stereocenters. The van der Waals surface area contributed by atoms with E-state index in [2.05, 4.69) is 47.0 Å². The van der Waals surface area contributed by atoms with Gasteiger partial charge in [0.25, 0.3) is 0 Å². The Balaban J connectivity index is 2.42. The van der Waals surface area contributed by atoms with Gasteiger partial charge < -0.3 is 5.11 Å². The van der Waals surface area contributed by atoms with Gasteiger partial charge in [0.15, 0.2) is 5.69 Å². The van der Waals surface area contributed by atoms with E-state index in [0.717, 1.165) is 12.0 Å². The van der Waals surface area contributed by atoms with E-state index in [4.69, 9.17) is 5.11 Å². The minimum Gasteiger partial charge on any atom is -0.476 e. The average Bonchev–Trinajstić information content (AvgIpc) is 2.73. The number of rotatable bonds is 4. The number of aryl methyl sites for hydroxylation is 1. The summed E-state index contributed by atoms with van der Waals surface area (Å²) >= 11 is 3.34. The lowest BCUT2D eigenvalue weighted by atomic mass is 9.97. The molecule has 1 aromatic carbocycles. The molecule has 0 saturated carbocycles. The number of nitrogens with zero attached hydrogens (tertiary/aromatic N) is 2. The van der Waals surface area contributed by atoms with Crippen molar-refractivity contribution in [3.8, 4) is 11.3 Å². The second-order valence-electron chi connectivity index (χ2n) is 4.87. The Labute approximate surface area is 126 Å². The maximum atomic E-state index is 11.2. The third-order valence-electron chi connectivity index (χ3n) is 3.56. The van der Waals surface area contributed by atoms with Gasteiger partial charge in [0, 0.05) is 12.6 Å². The molecule has 0 aliphatic heterocycles. The van der Waals surface area contributed by atoms with Crippen LogP contribution in [-0.2, 0) is 7.05 Å². The Morgan fingerprint density at radius 2 is 2.00 bits per heavy atom. The van der Waals surface area contributed by atoms with Gasteiger partial charge in [0.2, 0.25) is 0 Å². The molecule has 0 spiro atoms. The highest BCUT2D eigenvalue weighted by molar-refractivity contribution is 9.10. The number of carbonyl (C=O) groups is 1. The first kappa shape index (κ1) is 14.8. The molecule has 20 heavy (non-hydrogen) atoms. The summed E-state index contributed by atoms with van der Waals surface area (Å²) in [4.78, 5) is 11.2. The maximum absolute atomic E-state index is 11.2. The van der Waals surface area contributed by atoms with Crippen molar-refractivity contribution in [1.82, 2.24) is 9.78 Å². The van der Waals surface area contributed by atoms with Crippen molar-refractivity contribution in [3.05, 3.63) is 40.0 Å². The topological polar surface area (TPSA) is 55.1 Å². The zero-order valence-corrected chi connectivity index (χ0v) is 13.3. The normalized spacial score (nSPS) is 12.4. The fourth-order valence-electron chi connectivity index (χ4n) is 2.12. The molecule has 4 nitrogen and oxygen atoms in total. The van der Waals surface area contributed by atoms with E-state index < -0.39 is 5.97 Å². The summed E-state index contributed by atoms with van der Waals surface area (Å²) in [5.41, 5.74) is 3.00. The lowest BCUT2D eigenvalue weighted by Gasteiger charge is -2.09. The van der Waals surface area contributed by atoms with Gasteiger partial charge in [-0.3, -0.25) is 4.68 Å². The van der Waals surface area contributed by atoms with E-state index >= 15 is 0 Å². The molecular weight excluding hydrogens is 320 g/mol. The molecule has 0 bridgehead atoms. The van der Waals surface area contributed by atoms with E-state index in [1.807, 2.05) is 12.1 Å². The summed E-state index contributed by atoms with van der Waals surface area (Å²) in [6.07, 6.45) is 1.09. The Bertz CT molecular complexity index is 632. The standard InChI is InChI=1S/C15H17BrN2O2/c1-4-9(2)10-5-7-11(8-6-10)13-12(16)14(15(19)20)18(3)17-13/h5-9H,4H2,1-3H3,(H,19,20). The van der Waals surface area contributed by atoms with Gasteiger partial charge in [-0.2, -0.15) is 5.10 Å². The summed E-state index contributed by atoms with van der Waals surface area (Å²) in [5, 5.41) is 13.5. The number of aromatic nitrogens is 2. The molecule has 0 amide bonds. The smallest absolute Gasteiger partial charge is 0.355 e. The van der Waals surface area contributed by atoms with Crippen molar-refractivity contribution in [2.24, 2.45) is 7.05 Å². The van der Waals surface area contributed by atoms with Crippen LogP contribution in [0.3, 0.4) is 0 Å². The van der Waals surface area contributed by atoms with Crippen molar-refractivity contribution < 1.29 is 9.90 Å². The highest BCUT2D eigenvalue weighted by Crippen LogP contribution is 2.31. The number of aromatic carboxylic acids is 1. The molecule has 1 N–H and O–H groups in total. The Morgan fingerprint density at radius 1 is 1.40 bits per heavy atom. The number of benzene rings is 1. The van der Waals surface area contributed by atoms with Crippen LogP contribution in [0.25, 0.3) is 11.3 Å². The molecule has 0 saturated heterocycles. The van der Waals surface area contributed by atoms with Gasteiger partial charge in [0.05, 0.1) is 4.47 Å². The van der Waals surface area contributed by atoms with E-state index in [-0.39, 0.29) is 5.69 Å². The SMILES string of the molecule is CCC(C)c1ccc(-c2nn(C)c(C(=O)O)c2Br)cc1. The van der Waals surface area contributed by atoms with Crippen LogP contribution in [0.4, 0.5) is 0 Å². The zero-order chi connectivity index (χ0) is 14.9. The van der Waals surface area contributed by atoms with Crippen LogP contribution in [0.1, 0.15) is 42.2 Å². The van der Waals surface area contributed by atoms with Crippen molar-refractivity contribution in [3.63, 3.8) is 0 Å². The molecule has 1 atom stereocenters. The van der Waals surface area contributed by atoms with Crippen LogP contribution in [0.5, 0.6) is 0 Å². The lowest BCUT2D eigenvalue weighted by molar-refractivity contribution is 0.0684. The third-order valence-corrected chi connectivity index (χ3v) is 4.31. The molecule has 0 aliphatic carbocycles. The lowest BCUT2D eigenvalue weighted by Crippen LogP contribution is -2.05. The predicted molar refractivity (Wildman–Crippen MR) is 82.0 cm³/mol. The van der Waals surface area contributed by atoms with Crippen molar-refractivity contribution >= 4 is 21.9 Å². The van der Waals surface area contributed by atoms with Crippen LogP contribution in [-0.4, -0.2) is 20.9 Å². The van der Waals surface area contributed by atoms with Crippen molar-refractivity contribution in [1.29, 1.82) is 0 Å². The quantitative estimate of drug-likeness (QED) is 0.915. The van der Waals surface area contributed by atoms with Gasteiger partial charge in [-0.25, -0.2) is 4.79 Å². The zero-order valence-electron chi connectivity index (χ0n) is 11.7. The Morgan fingerprint density at radius 3 is 2.45 bits per heavy atom. The number of hydrogen-bond acceptors (Lipinski definition) is 2. The van der Waals surface area contributed by atoms with Crippen LogP contribution >= 0.6 is 15.9 Å². The van der Waals surface area contributed by atoms with Crippen molar-refractivity contribution in [2.75, 3.05) is 0 Å². The first-order valence-corrected chi connectivity index (χ1v) is 7.31. The highest BCUT2D eigenvalue weighted by Gasteiger charge is 2.20. The minimum absolute atomic E-state index is 0.158. The third kappa shape index (κ3) is 2.63. The van der Waals surface area contributed by atoms with E-state index in [0.29, 0.717) is 16.1 Å². The van der Waals surface area contributed by atoms with Crippen LogP contribution in [0.15, 0.2) is 28.7 Å². The van der Waals surface area contributed by atoms with Gasteiger partial charge >= 0.3 is 5.97 Å². The maximum Gasteiger partial charge on any atom is 0.355 e. The fourth-order valence-corrected chi connectivity index (χ4v) is 2.85. The van der Waals surface area contributed by atoms with Crippen LogP contribution in [0.2, 0.25) is 0 Å². The largest absolute Gasteiger partial charge is 0.476 e. The number of halogens is 1. The molecule has 106 valence electrons.